The molecule has 0 aromatic rings. The summed E-state index contributed by atoms with van der Waals surface area (Å²) in [5, 5.41) is 0. The summed E-state index contributed by atoms with van der Waals surface area (Å²) in [6, 6.07) is 0. The van der Waals surface area contributed by atoms with E-state index in [1.807, 2.05) is 12.6 Å². The monoisotopic (exact) mass is 148 g/mol. The number of hydrogen-bond donors (Lipinski definition) is 2. The Morgan fingerprint density at radius 3 is 3.18 bits per heavy atom. The third-order valence-corrected chi connectivity index (χ3v) is 1.75. The van der Waals surface area contributed by atoms with E-state index in [1.54, 1.807) is 6.21 Å². The molecule has 2 aliphatic rings. The number of nitrogens with one attached hydrogen (secondary N) is 2. The van der Waals surface area contributed by atoms with Crippen molar-refractivity contribution in [1.82, 2.24) is 10.9 Å². The van der Waals surface area contributed by atoms with Crippen molar-refractivity contribution in [3.63, 3.8) is 0 Å². The lowest BCUT2D eigenvalue weighted by Crippen LogP contribution is -2.26. The molecule has 0 aromatic heterocycles. The minimum absolute atomic E-state index is 0.329. The van der Waals surface area contributed by atoms with Crippen molar-refractivity contribution in [3.05, 3.63) is 30.5 Å². The molecule has 57 valence electrons. The van der Waals surface area contributed by atoms with Gasteiger partial charge in [-0.1, -0.05) is 6.08 Å². The average molecular weight is 148 g/mol. The summed E-state index contributed by atoms with van der Waals surface area (Å²) < 4.78 is 0. The molecule has 2 N–H and O–H groups in total. The lowest BCUT2D eigenvalue weighted by atomic mass is 10.0. The van der Waals surface area contributed by atoms with Crippen molar-refractivity contribution < 1.29 is 0 Å². The van der Waals surface area contributed by atoms with E-state index in [0.29, 0.717) is 5.92 Å². The second kappa shape index (κ2) is 2.88. The first-order valence-corrected chi connectivity index (χ1v) is 3.69. The van der Waals surface area contributed by atoms with E-state index in [0.717, 1.165) is 6.54 Å². The Morgan fingerprint density at radius 1 is 1.55 bits per heavy atom. The van der Waals surface area contributed by atoms with E-state index in [-0.39, 0.29) is 0 Å². The molecule has 3 heteroatoms. The Hall–Kier alpha value is -1.09. The van der Waals surface area contributed by atoms with Crippen LogP contribution >= 0.6 is 0 Å². The number of allylic oxidation sites excluding steroid dienone is 1. The van der Waals surface area contributed by atoms with Crippen molar-refractivity contribution in [2.75, 3.05) is 6.54 Å². The van der Waals surface area contributed by atoms with E-state index in [2.05, 4.69) is 28.0 Å². The first-order valence-electron chi connectivity index (χ1n) is 3.69. The highest BCUT2D eigenvalue weighted by Gasteiger charge is 2.14. The van der Waals surface area contributed by atoms with Crippen LogP contribution in [0.2, 0.25) is 0 Å². The fourth-order valence-corrected chi connectivity index (χ4v) is 1.18. The number of aliphatic imine (C=N–C) groups is 1. The maximum atomic E-state index is 4.06. The molecule has 0 bridgehead atoms. The lowest BCUT2D eigenvalue weighted by molar-refractivity contribution is 0.649. The average Bonchev–Trinajstić information content (AvgIpc) is 2.58. The number of rotatable bonds is 1. The Morgan fingerprint density at radius 2 is 2.55 bits per heavy atom. The van der Waals surface area contributed by atoms with Crippen LogP contribution < -0.4 is 10.9 Å². The summed E-state index contributed by atoms with van der Waals surface area (Å²) in [5.74, 6) is 0.329. The smallest absolute Gasteiger partial charge is 0.0850 e. The number of hydrogen-bond acceptors (Lipinski definition) is 3. The van der Waals surface area contributed by atoms with Gasteiger partial charge in [0.25, 0.3) is 0 Å². The Bertz CT molecular complexity index is 227. The number of nitrogens with zero attached hydrogens (tertiary/aromatic N) is 1. The Balaban J connectivity index is 2.05. The molecule has 0 spiro atoms. The summed E-state index contributed by atoms with van der Waals surface area (Å²) in [6.07, 6.45) is 8.00. The maximum absolute atomic E-state index is 4.06. The number of dihydropyridines is 1. The summed E-state index contributed by atoms with van der Waals surface area (Å²) in [7, 11) is 0. The lowest BCUT2D eigenvalue weighted by Gasteiger charge is -2.13. The van der Waals surface area contributed by atoms with Crippen molar-refractivity contribution in [2.45, 2.75) is 0 Å². The van der Waals surface area contributed by atoms with Crippen LogP contribution in [0.3, 0.4) is 0 Å². The van der Waals surface area contributed by atoms with Gasteiger partial charge in [0, 0.05) is 24.4 Å². The van der Waals surface area contributed by atoms with Crippen molar-refractivity contribution in [2.24, 2.45) is 10.9 Å². The van der Waals surface area contributed by atoms with E-state index in [1.165, 1.54) is 5.70 Å². The second-order valence-corrected chi connectivity index (χ2v) is 2.52. The van der Waals surface area contributed by atoms with Crippen LogP contribution in [-0.4, -0.2) is 12.8 Å². The van der Waals surface area contributed by atoms with Crippen molar-refractivity contribution >= 4 is 6.21 Å². The zero-order valence-electron chi connectivity index (χ0n) is 6.12. The number of hydrazine groups is 1. The van der Waals surface area contributed by atoms with Gasteiger partial charge in [0.2, 0.25) is 0 Å². The van der Waals surface area contributed by atoms with Gasteiger partial charge in [-0.3, -0.25) is 4.99 Å². The van der Waals surface area contributed by atoms with Gasteiger partial charge >= 0.3 is 0 Å². The molecule has 1 atom stereocenters. The van der Waals surface area contributed by atoms with Gasteiger partial charge in [-0.2, -0.15) is 0 Å². The van der Waals surface area contributed by atoms with Gasteiger partial charge in [-0.05, 0) is 12.2 Å². The maximum Gasteiger partial charge on any atom is 0.0850 e. The molecule has 2 heterocycles. The van der Waals surface area contributed by atoms with Gasteiger partial charge in [-0.25, -0.2) is 5.43 Å². The van der Waals surface area contributed by atoms with E-state index < -0.39 is 0 Å². The third kappa shape index (κ3) is 1.33. The fraction of sp³-hybridized carbons (Fsp3) is 0.250. The van der Waals surface area contributed by atoms with Crippen LogP contribution in [0, 0.1) is 12.5 Å². The standard InChI is InChI=1S/C8H10N3/c1-2-7(6-9-4-1)8-3-5-10-11-8/h1-4,6-7,10-11H,5H2. The zero-order valence-corrected chi connectivity index (χ0v) is 6.12. The summed E-state index contributed by atoms with van der Waals surface area (Å²) in [6.45, 7) is 2.82. The summed E-state index contributed by atoms with van der Waals surface area (Å²) >= 11 is 0. The molecule has 2 rings (SSSR count). The van der Waals surface area contributed by atoms with Gasteiger partial charge in [0.15, 0.2) is 0 Å². The van der Waals surface area contributed by atoms with E-state index in [4.69, 9.17) is 0 Å². The fourth-order valence-electron chi connectivity index (χ4n) is 1.18. The molecule has 0 saturated carbocycles. The molecule has 0 amide bonds. The van der Waals surface area contributed by atoms with Crippen LogP contribution in [-0.2, 0) is 0 Å². The first-order chi connectivity index (χ1) is 5.47. The molecule has 3 nitrogen and oxygen atoms in total. The molecule has 0 fully saturated rings. The van der Waals surface area contributed by atoms with E-state index >= 15 is 0 Å². The molecule has 1 unspecified atom stereocenters. The van der Waals surface area contributed by atoms with Crippen LogP contribution in [0.5, 0.6) is 0 Å². The van der Waals surface area contributed by atoms with Gasteiger partial charge in [0.1, 0.15) is 0 Å². The SMILES string of the molecule is [CH]1N=CC=CC1C1=CCNN1. The molecular weight excluding hydrogens is 138 g/mol. The van der Waals surface area contributed by atoms with Crippen LogP contribution in [0.4, 0.5) is 0 Å². The van der Waals surface area contributed by atoms with Crippen molar-refractivity contribution in [1.29, 1.82) is 0 Å². The Kier molecular flexibility index (Phi) is 1.73. The molecule has 0 saturated heterocycles. The molecule has 1 radical (unpaired) electrons. The highest BCUT2D eigenvalue weighted by molar-refractivity contribution is 5.73. The minimum Gasteiger partial charge on any atom is -0.325 e. The normalized spacial score (nSPS) is 28.4. The molecule has 2 aliphatic heterocycles. The third-order valence-electron chi connectivity index (χ3n) is 1.75. The summed E-state index contributed by atoms with van der Waals surface area (Å²) in [5.41, 5.74) is 7.29. The quantitative estimate of drug-likeness (QED) is 0.564. The summed E-state index contributed by atoms with van der Waals surface area (Å²) in [4.78, 5) is 4.06. The highest BCUT2D eigenvalue weighted by Crippen LogP contribution is 2.17. The largest absolute Gasteiger partial charge is 0.325 e. The molecule has 0 aliphatic carbocycles. The molecule has 0 aromatic carbocycles. The van der Waals surface area contributed by atoms with Gasteiger partial charge < -0.3 is 5.43 Å². The topological polar surface area (TPSA) is 36.4 Å². The first kappa shape index (κ1) is 6.61. The predicted molar refractivity (Wildman–Crippen MR) is 44.6 cm³/mol. The van der Waals surface area contributed by atoms with Gasteiger partial charge in [-0.15, -0.1) is 0 Å². The molecular formula is C8H10N3. The minimum atomic E-state index is 0.329. The predicted octanol–water partition coefficient (Wildman–Crippen LogP) is 0.397. The van der Waals surface area contributed by atoms with Gasteiger partial charge in [0.05, 0.1) is 6.54 Å². The highest BCUT2D eigenvalue weighted by atomic mass is 15.4. The van der Waals surface area contributed by atoms with Crippen LogP contribution in [0.25, 0.3) is 0 Å². The second-order valence-electron chi connectivity index (χ2n) is 2.52. The van der Waals surface area contributed by atoms with Crippen LogP contribution in [0.15, 0.2) is 28.9 Å². The van der Waals surface area contributed by atoms with Crippen LogP contribution in [0.1, 0.15) is 0 Å². The van der Waals surface area contributed by atoms with Crippen molar-refractivity contribution in [3.8, 4) is 0 Å². The Labute approximate surface area is 65.9 Å². The zero-order chi connectivity index (χ0) is 7.52. The van der Waals surface area contributed by atoms with E-state index in [9.17, 15) is 0 Å². The molecule has 11 heavy (non-hydrogen) atoms.